The third-order valence-corrected chi connectivity index (χ3v) is 8.25. The molecule has 1 N–H and O–H groups in total. The molecule has 0 fully saturated rings. The zero-order chi connectivity index (χ0) is 28.8. The molecule has 6 nitrogen and oxygen atoms in total. The van der Waals surface area contributed by atoms with Crippen molar-refractivity contribution in [2.45, 2.75) is 57.7 Å². The van der Waals surface area contributed by atoms with Crippen LogP contribution < -0.4 is 5.32 Å². The van der Waals surface area contributed by atoms with Gasteiger partial charge in [0, 0.05) is 42.3 Å². The number of amides is 2. The summed E-state index contributed by atoms with van der Waals surface area (Å²) in [4.78, 5) is 28.0. The zero-order valence-electron chi connectivity index (χ0n) is 22.1. The highest BCUT2D eigenvalue weighted by Gasteiger charge is 2.41. The molecule has 1 aromatic carbocycles. The van der Waals surface area contributed by atoms with Gasteiger partial charge in [-0.25, -0.2) is 4.39 Å². The van der Waals surface area contributed by atoms with E-state index in [1.165, 1.54) is 0 Å². The molecule has 11 heteroatoms. The summed E-state index contributed by atoms with van der Waals surface area (Å²) in [6.45, 7) is 1.96. The Morgan fingerprint density at radius 1 is 1.12 bits per heavy atom. The van der Waals surface area contributed by atoms with Gasteiger partial charge in [0.15, 0.2) is 0 Å². The first kappa shape index (κ1) is 28.1. The molecule has 0 saturated heterocycles. The second kappa shape index (κ2) is 10.9. The normalized spacial score (nSPS) is 22.9. The van der Waals surface area contributed by atoms with Crippen LogP contribution in [0.1, 0.15) is 57.1 Å². The lowest BCUT2D eigenvalue weighted by Crippen LogP contribution is -2.38. The number of hydrogen-bond donors (Lipinski definition) is 1. The third-order valence-electron chi connectivity index (χ3n) is 7.90. The van der Waals surface area contributed by atoms with Crippen LogP contribution in [0.2, 0.25) is 0 Å². The van der Waals surface area contributed by atoms with Crippen molar-refractivity contribution in [1.29, 1.82) is 0 Å². The summed E-state index contributed by atoms with van der Waals surface area (Å²) in [6, 6.07) is 7.24. The summed E-state index contributed by atoms with van der Waals surface area (Å²) in [7, 11) is 1.78. The zero-order valence-corrected chi connectivity index (χ0v) is 22.9. The Bertz CT molecular complexity index is 1460. The molecule has 2 aliphatic heterocycles. The summed E-state index contributed by atoms with van der Waals surface area (Å²) in [6.07, 6.45) is -0.849. The summed E-state index contributed by atoms with van der Waals surface area (Å²) in [5, 5.41) is 7.02. The molecule has 0 radical (unpaired) electrons. The van der Waals surface area contributed by atoms with E-state index in [9.17, 15) is 27.2 Å². The van der Waals surface area contributed by atoms with Gasteiger partial charge >= 0.3 is 6.18 Å². The molecule has 212 valence electrons. The van der Waals surface area contributed by atoms with Crippen LogP contribution in [0.5, 0.6) is 0 Å². The molecule has 3 heterocycles. The van der Waals surface area contributed by atoms with E-state index in [1.807, 2.05) is 31.2 Å². The molecule has 2 aromatic rings. The Morgan fingerprint density at radius 2 is 1.90 bits per heavy atom. The molecular weight excluding hydrogens is 548 g/mol. The van der Waals surface area contributed by atoms with E-state index in [4.69, 9.17) is 11.6 Å². The molecule has 5 rings (SSSR count). The van der Waals surface area contributed by atoms with Crippen LogP contribution in [0, 0.1) is 5.92 Å². The lowest BCUT2D eigenvalue weighted by atomic mass is 9.86. The van der Waals surface area contributed by atoms with E-state index < -0.39 is 35.5 Å². The quantitative estimate of drug-likeness (QED) is 0.387. The highest BCUT2D eigenvalue weighted by Crippen LogP contribution is 2.46. The number of fused-ring (bicyclic) bond motifs is 4. The maximum Gasteiger partial charge on any atom is 0.413 e. The number of nitrogens with one attached hydrogen (secondary N) is 1. The van der Waals surface area contributed by atoms with Crippen LogP contribution in [0.3, 0.4) is 0 Å². The number of halogens is 5. The molecule has 1 aliphatic carbocycles. The second-order valence-electron chi connectivity index (χ2n) is 10.5. The molecule has 3 aliphatic rings. The minimum Gasteiger partial charge on any atom is -0.332 e. The van der Waals surface area contributed by atoms with Gasteiger partial charge in [-0.1, -0.05) is 43.1 Å². The first-order valence-electron chi connectivity index (χ1n) is 13.2. The van der Waals surface area contributed by atoms with Crippen molar-refractivity contribution in [1.82, 2.24) is 14.7 Å². The number of allylic oxidation sites excluding steroid dienone is 4. The van der Waals surface area contributed by atoms with Crippen LogP contribution in [-0.4, -0.2) is 39.2 Å². The molecule has 0 saturated carbocycles. The SMILES string of the molecule is C[C@@H]1CCC[C@H](N2CCC(C3=C(C(F)(F)F)CCC(Cl)=C3F)=CC2=O)c2cccc(c2)-c2c(cnn2C)NC1=O. The van der Waals surface area contributed by atoms with Gasteiger partial charge in [-0.05, 0) is 49.3 Å². The van der Waals surface area contributed by atoms with Crippen LogP contribution >= 0.6 is 11.6 Å². The fourth-order valence-corrected chi connectivity index (χ4v) is 5.98. The van der Waals surface area contributed by atoms with Gasteiger partial charge < -0.3 is 10.2 Å². The largest absolute Gasteiger partial charge is 0.413 e. The lowest BCUT2D eigenvalue weighted by molar-refractivity contribution is -0.129. The van der Waals surface area contributed by atoms with Crippen molar-refractivity contribution in [2.24, 2.45) is 13.0 Å². The van der Waals surface area contributed by atoms with Gasteiger partial charge in [-0.3, -0.25) is 14.3 Å². The number of nitrogens with zero attached hydrogens (tertiary/aromatic N) is 3. The summed E-state index contributed by atoms with van der Waals surface area (Å²) < 4.78 is 57.9. The van der Waals surface area contributed by atoms with Crippen molar-refractivity contribution in [3.05, 3.63) is 69.7 Å². The molecule has 2 amide bonds. The lowest BCUT2D eigenvalue weighted by Gasteiger charge is -2.36. The van der Waals surface area contributed by atoms with E-state index in [0.29, 0.717) is 24.9 Å². The van der Waals surface area contributed by atoms with Gasteiger partial charge in [-0.15, -0.1) is 0 Å². The summed E-state index contributed by atoms with van der Waals surface area (Å²) >= 11 is 5.91. The van der Waals surface area contributed by atoms with Crippen LogP contribution in [0.4, 0.5) is 23.2 Å². The monoisotopic (exact) mass is 576 g/mol. The molecule has 0 spiro atoms. The van der Waals surface area contributed by atoms with Crippen LogP contribution in [-0.2, 0) is 16.6 Å². The van der Waals surface area contributed by atoms with Crippen molar-refractivity contribution >= 4 is 29.1 Å². The van der Waals surface area contributed by atoms with E-state index in [0.717, 1.165) is 22.9 Å². The molecule has 2 atom stereocenters. The van der Waals surface area contributed by atoms with E-state index in [-0.39, 0.29) is 47.9 Å². The second-order valence-corrected chi connectivity index (χ2v) is 11.0. The van der Waals surface area contributed by atoms with Crippen LogP contribution in [0.25, 0.3) is 11.3 Å². The number of rotatable bonds is 2. The predicted octanol–water partition coefficient (Wildman–Crippen LogP) is 7.12. The predicted molar refractivity (Wildman–Crippen MR) is 144 cm³/mol. The van der Waals surface area contributed by atoms with E-state index in [2.05, 4.69) is 10.4 Å². The van der Waals surface area contributed by atoms with Gasteiger partial charge in [0.05, 0.1) is 28.7 Å². The maximum atomic E-state index is 15.0. The van der Waals surface area contributed by atoms with Gasteiger partial charge in [0.25, 0.3) is 0 Å². The van der Waals surface area contributed by atoms with Crippen molar-refractivity contribution in [3.63, 3.8) is 0 Å². The van der Waals surface area contributed by atoms with Crippen molar-refractivity contribution in [3.8, 4) is 11.3 Å². The first-order chi connectivity index (χ1) is 19.0. The molecule has 0 unspecified atom stereocenters. The number of benzene rings is 1. The summed E-state index contributed by atoms with van der Waals surface area (Å²) in [5.74, 6) is -2.00. The topological polar surface area (TPSA) is 67.2 Å². The third kappa shape index (κ3) is 5.33. The van der Waals surface area contributed by atoms with E-state index in [1.54, 1.807) is 22.8 Å². The highest BCUT2D eigenvalue weighted by molar-refractivity contribution is 6.30. The Balaban J connectivity index is 1.53. The highest BCUT2D eigenvalue weighted by atomic mass is 35.5. The fraction of sp³-hybridized carbons (Fsp3) is 0.414. The number of carbonyl (C=O) groups is 2. The number of aryl methyl sites for hydroxylation is 1. The number of anilines is 1. The van der Waals surface area contributed by atoms with Gasteiger partial charge in [0.2, 0.25) is 11.8 Å². The first-order valence-corrected chi connectivity index (χ1v) is 13.6. The fourth-order valence-electron chi connectivity index (χ4n) is 5.79. The minimum atomic E-state index is -4.73. The van der Waals surface area contributed by atoms with Crippen molar-refractivity contribution in [2.75, 3.05) is 11.9 Å². The Morgan fingerprint density at radius 3 is 2.62 bits per heavy atom. The molecular formula is C29H29ClF4N4O2. The van der Waals surface area contributed by atoms with E-state index >= 15 is 0 Å². The van der Waals surface area contributed by atoms with Crippen LogP contribution in [0.15, 0.2) is 64.1 Å². The number of hydrogen-bond acceptors (Lipinski definition) is 3. The smallest absolute Gasteiger partial charge is 0.332 e. The number of carbonyl (C=O) groups excluding carboxylic acids is 2. The molecule has 1 aromatic heterocycles. The summed E-state index contributed by atoms with van der Waals surface area (Å²) in [5.41, 5.74) is 1.39. The van der Waals surface area contributed by atoms with Gasteiger partial charge in [-0.2, -0.15) is 18.3 Å². The average molecular weight is 577 g/mol. The van der Waals surface area contributed by atoms with Gasteiger partial charge in [0.1, 0.15) is 5.83 Å². The average Bonchev–Trinajstić information content (AvgIpc) is 3.26. The Labute approximate surface area is 234 Å². The Kier molecular flexibility index (Phi) is 7.65. The standard InChI is InChI=1S/C29H29ClF4N4O2/c1-16-5-3-8-23(17-6-4-7-19(13-17)27-22(36-28(16)40)15-35-37(27)2)38-12-11-18(14-24(38)39)25-20(29(32,33)34)9-10-21(30)26(25)31/h4,6-7,13-16,23H,3,5,8-12H2,1-2H3,(H,36,40)/t16-,23+/m1/s1. The molecule has 40 heavy (non-hydrogen) atoms. The van der Waals surface area contributed by atoms with Crippen molar-refractivity contribution < 1.29 is 27.2 Å². The number of alkyl halides is 3. The maximum absolute atomic E-state index is 15.0. The number of aromatic nitrogens is 2. The Hall–Kier alpha value is -3.40. The molecule has 2 bridgehead atoms. The minimum absolute atomic E-state index is 0.00986.